The zero-order valence-corrected chi connectivity index (χ0v) is 11.0. The van der Waals surface area contributed by atoms with Gasteiger partial charge >= 0.3 is 0 Å². The van der Waals surface area contributed by atoms with Gasteiger partial charge in [-0.05, 0) is 6.07 Å². The Morgan fingerprint density at radius 2 is 2.11 bits per heavy atom. The Morgan fingerprint density at radius 1 is 1.39 bits per heavy atom. The molecular weight excluding hydrogens is 228 g/mol. The molecule has 1 aromatic heterocycles. The van der Waals surface area contributed by atoms with Gasteiger partial charge in [-0.25, -0.2) is 0 Å². The van der Waals surface area contributed by atoms with Crippen molar-refractivity contribution in [3.63, 3.8) is 0 Å². The molecule has 5 heteroatoms. The van der Waals surface area contributed by atoms with Crippen molar-refractivity contribution in [1.29, 1.82) is 0 Å². The van der Waals surface area contributed by atoms with Crippen LogP contribution < -0.4 is 5.32 Å². The molecule has 18 heavy (non-hydrogen) atoms. The van der Waals surface area contributed by atoms with E-state index >= 15 is 0 Å². The van der Waals surface area contributed by atoms with Gasteiger partial charge in [0.05, 0.1) is 17.8 Å². The highest BCUT2D eigenvalue weighted by atomic mass is 16.2. The molecule has 0 radical (unpaired) electrons. The fourth-order valence-corrected chi connectivity index (χ4v) is 1.87. The van der Waals surface area contributed by atoms with E-state index in [0.29, 0.717) is 13.1 Å². The number of hydrogen-bond acceptors (Lipinski definition) is 3. The Bertz CT molecular complexity index is 559. The highest BCUT2D eigenvalue weighted by Gasteiger charge is 2.08. The summed E-state index contributed by atoms with van der Waals surface area (Å²) in [7, 11) is 5.43. The van der Waals surface area contributed by atoms with Crippen LogP contribution in [0.5, 0.6) is 0 Å². The third-order valence-electron chi connectivity index (χ3n) is 2.90. The molecule has 1 amide bonds. The maximum Gasteiger partial charge on any atom is 0.236 e. The van der Waals surface area contributed by atoms with Crippen molar-refractivity contribution >= 4 is 16.8 Å². The van der Waals surface area contributed by atoms with Gasteiger partial charge in [0, 0.05) is 33.1 Å². The van der Waals surface area contributed by atoms with Crippen LogP contribution in [0.2, 0.25) is 0 Å². The largest absolute Gasteiger partial charge is 0.348 e. The highest BCUT2D eigenvalue weighted by Crippen LogP contribution is 2.16. The van der Waals surface area contributed by atoms with E-state index in [4.69, 9.17) is 0 Å². The lowest BCUT2D eigenvalue weighted by Crippen LogP contribution is -2.32. The summed E-state index contributed by atoms with van der Waals surface area (Å²) in [4.78, 5) is 13.0. The molecule has 96 valence electrons. The average molecular weight is 246 g/mol. The lowest BCUT2D eigenvalue weighted by Gasteiger charge is -2.10. The van der Waals surface area contributed by atoms with E-state index in [1.807, 2.05) is 36.0 Å². The monoisotopic (exact) mass is 246 g/mol. The van der Waals surface area contributed by atoms with Gasteiger partial charge < -0.3 is 10.2 Å². The van der Waals surface area contributed by atoms with Crippen LogP contribution in [0.15, 0.2) is 24.3 Å². The van der Waals surface area contributed by atoms with Gasteiger partial charge in [0.25, 0.3) is 0 Å². The minimum atomic E-state index is 0.0650. The first-order chi connectivity index (χ1) is 8.59. The molecule has 1 aromatic carbocycles. The molecule has 2 aromatic rings. The second-order valence-corrected chi connectivity index (χ2v) is 4.48. The lowest BCUT2D eigenvalue weighted by molar-refractivity contribution is -0.127. The Labute approximate surface area is 106 Å². The lowest BCUT2D eigenvalue weighted by atomic mass is 10.2. The first kappa shape index (κ1) is 12.6. The summed E-state index contributed by atoms with van der Waals surface area (Å²) in [5.74, 6) is 0.0650. The van der Waals surface area contributed by atoms with Crippen LogP contribution in [0.4, 0.5) is 0 Å². The van der Waals surface area contributed by atoms with Gasteiger partial charge in [0.15, 0.2) is 0 Å². The molecule has 0 aliphatic rings. The molecule has 5 nitrogen and oxygen atoms in total. The second kappa shape index (κ2) is 5.18. The number of fused-ring (bicyclic) bond motifs is 1. The first-order valence-electron chi connectivity index (χ1n) is 5.91. The van der Waals surface area contributed by atoms with Crippen molar-refractivity contribution in [1.82, 2.24) is 20.0 Å². The van der Waals surface area contributed by atoms with Crippen molar-refractivity contribution in [3.05, 3.63) is 30.0 Å². The number of carbonyl (C=O) groups is 1. The average Bonchev–Trinajstić information content (AvgIpc) is 2.67. The molecule has 0 saturated heterocycles. The quantitative estimate of drug-likeness (QED) is 0.866. The first-order valence-corrected chi connectivity index (χ1v) is 5.91. The Morgan fingerprint density at radius 3 is 2.83 bits per heavy atom. The van der Waals surface area contributed by atoms with E-state index < -0.39 is 0 Å². The SMILES string of the molecule is CN(C)C(=O)CNCc1nn(C)c2ccccc12. The van der Waals surface area contributed by atoms with Gasteiger partial charge in [-0.15, -0.1) is 0 Å². The third kappa shape index (κ3) is 2.51. The molecule has 0 atom stereocenters. The Kier molecular flexibility index (Phi) is 3.62. The van der Waals surface area contributed by atoms with Crippen molar-refractivity contribution < 1.29 is 4.79 Å². The standard InChI is InChI=1S/C13H18N4O/c1-16(2)13(18)9-14-8-11-10-6-4-5-7-12(10)17(3)15-11/h4-7,14H,8-9H2,1-3H3. The summed E-state index contributed by atoms with van der Waals surface area (Å²) >= 11 is 0. The van der Waals surface area contributed by atoms with Crippen molar-refractivity contribution in [3.8, 4) is 0 Å². The molecular formula is C13H18N4O. The molecule has 0 saturated carbocycles. The van der Waals surface area contributed by atoms with Gasteiger partial charge in [-0.1, -0.05) is 18.2 Å². The van der Waals surface area contributed by atoms with Crippen molar-refractivity contribution in [2.45, 2.75) is 6.54 Å². The number of nitrogens with zero attached hydrogens (tertiary/aromatic N) is 3. The summed E-state index contributed by atoms with van der Waals surface area (Å²) < 4.78 is 1.86. The predicted molar refractivity (Wildman–Crippen MR) is 71.1 cm³/mol. The maximum atomic E-state index is 11.4. The number of benzene rings is 1. The summed E-state index contributed by atoms with van der Waals surface area (Å²) in [6, 6.07) is 8.08. The fourth-order valence-electron chi connectivity index (χ4n) is 1.87. The number of amides is 1. The van der Waals surface area contributed by atoms with E-state index in [-0.39, 0.29) is 5.91 Å². The molecule has 0 spiro atoms. The minimum absolute atomic E-state index is 0.0650. The summed E-state index contributed by atoms with van der Waals surface area (Å²) in [6.07, 6.45) is 0. The molecule has 0 bridgehead atoms. The second-order valence-electron chi connectivity index (χ2n) is 4.48. The minimum Gasteiger partial charge on any atom is -0.348 e. The number of carbonyl (C=O) groups excluding carboxylic acids is 1. The fraction of sp³-hybridized carbons (Fsp3) is 0.385. The van der Waals surface area contributed by atoms with E-state index in [2.05, 4.69) is 10.4 Å². The summed E-state index contributed by atoms with van der Waals surface area (Å²) in [5, 5.41) is 8.71. The molecule has 0 unspecified atom stereocenters. The zero-order valence-electron chi connectivity index (χ0n) is 11.0. The van der Waals surface area contributed by atoms with Crippen LogP contribution in [-0.4, -0.2) is 41.2 Å². The number of hydrogen-bond donors (Lipinski definition) is 1. The summed E-state index contributed by atoms with van der Waals surface area (Å²) in [5.41, 5.74) is 2.08. The smallest absolute Gasteiger partial charge is 0.236 e. The van der Waals surface area contributed by atoms with E-state index in [1.54, 1.807) is 19.0 Å². The maximum absolute atomic E-state index is 11.4. The van der Waals surface area contributed by atoms with Crippen molar-refractivity contribution in [2.75, 3.05) is 20.6 Å². The zero-order chi connectivity index (χ0) is 13.1. The molecule has 0 fully saturated rings. The van der Waals surface area contributed by atoms with Crippen LogP contribution in [0.3, 0.4) is 0 Å². The van der Waals surface area contributed by atoms with Gasteiger partial charge in [-0.2, -0.15) is 5.10 Å². The third-order valence-corrected chi connectivity index (χ3v) is 2.90. The Hall–Kier alpha value is -1.88. The number of aryl methyl sites for hydroxylation is 1. The van der Waals surface area contributed by atoms with E-state index in [9.17, 15) is 4.79 Å². The van der Waals surface area contributed by atoms with Crippen molar-refractivity contribution in [2.24, 2.45) is 7.05 Å². The Balaban J connectivity index is 2.06. The topological polar surface area (TPSA) is 50.2 Å². The predicted octanol–water partition coefficient (Wildman–Crippen LogP) is 0.751. The van der Waals surface area contributed by atoms with E-state index in [1.165, 1.54) is 0 Å². The van der Waals surface area contributed by atoms with Gasteiger partial charge in [0.2, 0.25) is 5.91 Å². The van der Waals surface area contributed by atoms with Crippen LogP contribution in [-0.2, 0) is 18.4 Å². The number of nitrogens with one attached hydrogen (secondary N) is 1. The number of aromatic nitrogens is 2. The van der Waals surface area contributed by atoms with Gasteiger partial charge in [0.1, 0.15) is 0 Å². The molecule has 0 aliphatic heterocycles. The van der Waals surface area contributed by atoms with Gasteiger partial charge in [-0.3, -0.25) is 9.48 Å². The molecule has 2 rings (SSSR count). The van der Waals surface area contributed by atoms with E-state index in [0.717, 1.165) is 16.6 Å². The van der Waals surface area contributed by atoms with Crippen LogP contribution in [0.1, 0.15) is 5.69 Å². The van der Waals surface area contributed by atoms with Crippen LogP contribution in [0.25, 0.3) is 10.9 Å². The molecule has 1 N–H and O–H groups in total. The number of likely N-dealkylation sites (N-methyl/N-ethyl adjacent to an activating group) is 1. The summed E-state index contributed by atoms with van der Waals surface area (Å²) in [6.45, 7) is 0.929. The number of rotatable bonds is 4. The van der Waals surface area contributed by atoms with Crippen LogP contribution in [0, 0.1) is 0 Å². The molecule has 0 aliphatic carbocycles. The van der Waals surface area contributed by atoms with Crippen LogP contribution >= 0.6 is 0 Å². The highest BCUT2D eigenvalue weighted by molar-refractivity contribution is 5.82. The molecule has 1 heterocycles. The normalized spacial score (nSPS) is 10.8. The number of para-hydroxylation sites is 1.